The molecule has 0 aliphatic rings. The maximum atomic E-state index is 12.8. The minimum absolute atomic E-state index is 0.0453. The summed E-state index contributed by atoms with van der Waals surface area (Å²) in [7, 11) is 0. The summed E-state index contributed by atoms with van der Waals surface area (Å²) < 4.78 is 45.0. The molecule has 22 heavy (non-hydrogen) atoms. The summed E-state index contributed by atoms with van der Waals surface area (Å²) in [6, 6.07) is 1.31. The lowest BCUT2D eigenvalue weighted by Gasteiger charge is -2.26. The first kappa shape index (κ1) is 19.4. The minimum atomic E-state index is -2.96. The first-order valence-electron chi connectivity index (χ1n) is 6.74. The molecule has 4 nitrogen and oxygen atoms in total. The van der Waals surface area contributed by atoms with Crippen molar-refractivity contribution in [3.8, 4) is 5.88 Å². The fraction of sp³-hybridized carbons (Fsp3) is 0.643. The van der Waals surface area contributed by atoms with Crippen molar-refractivity contribution in [1.82, 2.24) is 9.71 Å². The van der Waals surface area contributed by atoms with E-state index in [9.17, 15) is 13.3 Å². The van der Waals surface area contributed by atoms with Gasteiger partial charge in [-0.25, -0.2) is 13.8 Å². The molecule has 1 aromatic heterocycles. The van der Waals surface area contributed by atoms with Gasteiger partial charge in [0, 0.05) is 24.5 Å². The van der Waals surface area contributed by atoms with E-state index in [0.29, 0.717) is 5.56 Å². The second-order valence-electron chi connectivity index (χ2n) is 6.14. The molecule has 0 aromatic carbocycles. The summed E-state index contributed by atoms with van der Waals surface area (Å²) in [6.45, 7) is 7.35. The molecule has 1 N–H and O–H groups in total. The third-order valence-corrected chi connectivity index (χ3v) is 4.58. The van der Waals surface area contributed by atoms with E-state index in [4.69, 9.17) is 16.3 Å². The maximum absolute atomic E-state index is 12.8. The smallest absolute Gasteiger partial charge is 0.278 e. The Balaban J connectivity index is 2.76. The van der Waals surface area contributed by atoms with Gasteiger partial charge in [0.05, 0.1) is 6.04 Å². The van der Waals surface area contributed by atoms with E-state index in [1.165, 1.54) is 6.20 Å². The Kier molecular flexibility index (Phi) is 6.44. The predicted molar refractivity (Wildman–Crippen MR) is 84.8 cm³/mol. The molecule has 0 unspecified atom stereocenters. The molecular formula is C14H21ClF2N2O2S. The van der Waals surface area contributed by atoms with Crippen LogP contribution in [0.25, 0.3) is 0 Å². The molecule has 126 valence electrons. The van der Waals surface area contributed by atoms with Gasteiger partial charge in [-0.3, -0.25) is 0 Å². The maximum Gasteiger partial charge on any atom is 0.278 e. The largest absolute Gasteiger partial charge is 0.598 e. The second-order valence-corrected chi connectivity index (χ2v) is 8.54. The Morgan fingerprint density at radius 2 is 2.00 bits per heavy atom. The number of halogens is 3. The van der Waals surface area contributed by atoms with Crippen LogP contribution in [0, 0.1) is 0 Å². The highest BCUT2D eigenvalue weighted by molar-refractivity contribution is 7.90. The molecule has 0 radical (unpaired) electrons. The van der Waals surface area contributed by atoms with E-state index in [-0.39, 0.29) is 16.9 Å². The van der Waals surface area contributed by atoms with Crippen LogP contribution < -0.4 is 9.46 Å². The van der Waals surface area contributed by atoms with Crippen LogP contribution in [0.15, 0.2) is 12.3 Å². The number of nitrogens with zero attached hydrogens (tertiary/aromatic N) is 1. The third kappa shape index (κ3) is 6.24. The van der Waals surface area contributed by atoms with Crippen molar-refractivity contribution in [2.24, 2.45) is 0 Å². The van der Waals surface area contributed by atoms with Crippen LogP contribution in [0.1, 0.15) is 46.2 Å². The normalized spacial score (nSPS) is 15.5. The molecule has 1 heterocycles. The molecule has 0 saturated heterocycles. The summed E-state index contributed by atoms with van der Waals surface area (Å²) in [5.74, 6) is -3.00. The van der Waals surface area contributed by atoms with Crippen LogP contribution in [0.4, 0.5) is 8.78 Å². The van der Waals surface area contributed by atoms with Crippen molar-refractivity contribution in [1.29, 1.82) is 0 Å². The number of hydrogen-bond donors (Lipinski definition) is 1. The first-order valence-corrected chi connectivity index (χ1v) is 8.27. The number of pyridine rings is 1. The van der Waals surface area contributed by atoms with Crippen molar-refractivity contribution < 1.29 is 18.1 Å². The van der Waals surface area contributed by atoms with Crippen molar-refractivity contribution in [2.45, 2.75) is 51.3 Å². The van der Waals surface area contributed by atoms with Gasteiger partial charge in [0.2, 0.25) is 5.88 Å². The molecule has 0 bridgehead atoms. The monoisotopic (exact) mass is 354 g/mol. The van der Waals surface area contributed by atoms with Gasteiger partial charge in [0.25, 0.3) is 5.92 Å². The predicted octanol–water partition coefficient (Wildman–Crippen LogP) is 3.88. The summed E-state index contributed by atoms with van der Waals surface area (Å²) in [6.07, 6.45) is 1.46. The van der Waals surface area contributed by atoms with E-state index in [0.717, 1.165) is 6.92 Å². The molecule has 0 amide bonds. The molecule has 0 spiro atoms. The standard InChI is InChI=1S/C14H21ClF2N2O2S/c1-9(19-22(20)13(2,3)4)10-6-11(15)12(18-7-10)21-8-14(5,16)17/h6-7,9,19H,8H2,1-5H3/t9-,22-/m1/s1. The number of nitrogens with one attached hydrogen (secondary N) is 1. The molecular weight excluding hydrogens is 334 g/mol. The number of ether oxygens (including phenoxy) is 1. The van der Waals surface area contributed by atoms with Crippen molar-refractivity contribution in [3.63, 3.8) is 0 Å². The Morgan fingerprint density at radius 3 is 2.45 bits per heavy atom. The Hall–Kier alpha value is -0.630. The number of alkyl halides is 2. The molecule has 2 atom stereocenters. The average molecular weight is 355 g/mol. The molecule has 0 saturated carbocycles. The van der Waals surface area contributed by atoms with Crippen molar-refractivity contribution >= 4 is 23.0 Å². The number of hydrogen-bond acceptors (Lipinski definition) is 4. The van der Waals surface area contributed by atoms with E-state index in [1.807, 2.05) is 27.7 Å². The molecule has 1 aromatic rings. The lowest BCUT2D eigenvalue weighted by Crippen LogP contribution is -2.40. The van der Waals surface area contributed by atoms with Gasteiger partial charge in [0.15, 0.2) is 6.61 Å². The summed E-state index contributed by atoms with van der Waals surface area (Å²) >= 11 is 4.75. The van der Waals surface area contributed by atoms with Crippen molar-refractivity contribution in [3.05, 3.63) is 22.8 Å². The van der Waals surface area contributed by atoms with Crippen LogP contribution in [-0.4, -0.2) is 26.8 Å². The summed E-state index contributed by atoms with van der Waals surface area (Å²) in [5.41, 5.74) is 0.693. The van der Waals surface area contributed by atoms with Gasteiger partial charge in [0.1, 0.15) is 9.77 Å². The molecule has 0 aliphatic carbocycles. The van der Waals surface area contributed by atoms with Crippen molar-refractivity contribution in [2.75, 3.05) is 6.61 Å². The van der Waals surface area contributed by atoms with Crippen LogP contribution in [-0.2, 0) is 11.4 Å². The average Bonchev–Trinajstić information content (AvgIpc) is 2.34. The Labute approximate surface area is 137 Å². The zero-order valence-electron chi connectivity index (χ0n) is 13.2. The zero-order chi connectivity index (χ0) is 17.1. The van der Waals surface area contributed by atoms with E-state index in [1.54, 1.807) is 6.07 Å². The first-order chi connectivity index (χ1) is 9.90. The summed E-state index contributed by atoms with van der Waals surface area (Å²) in [5, 5.41) is 0.136. The van der Waals surface area contributed by atoms with Gasteiger partial charge in [-0.2, -0.15) is 0 Å². The topological polar surface area (TPSA) is 57.2 Å². The van der Waals surface area contributed by atoms with E-state index < -0.39 is 28.6 Å². The van der Waals surface area contributed by atoms with Crippen LogP contribution in [0.2, 0.25) is 5.02 Å². The van der Waals surface area contributed by atoms with Gasteiger partial charge >= 0.3 is 0 Å². The Bertz CT molecular complexity index is 507. The van der Waals surface area contributed by atoms with Gasteiger partial charge in [-0.15, -0.1) is 4.72 Å². The highest BCUT2D eigenvalue weighted by Gasteiger charge is 2.29. The van der Waals surface area contributed by atoms with Crippen LogP contribution in [0.3, 0.4) is 0 Å². The Morgan fingerprint density at radius 1 is 1.41 bits per heavy atom. The lowest BCUT2D eigenvalue weighted by molar-refractivity contribution is -0.0242. The number of aromatic nitrogens is 1. The second kappa shape index (κ2) is 7.29. The van der Waals surface area contributed by atoms with Gasteiger partial charge < -0.3 is 9.29 Å². The molecule has 8 heteroatoms. The van der Waals surface area contributed by atoms with Crippen LogP contribution in [0.5, 0.6) is 5.88 Å². The fourth-order valence-corrected chi connectivity index (χ4v) is 2.42. The lowest BCUT2D eigenvalue weighted by atomic mass is 10.2. The fourth-order valence-electron chi connectivity index (χ4n) is 1.38. The molecule has 1 rings (SSSR count). The van der Waals surface area contributed by atoms with Gasteiger partial charge in [-0.05, 0) is 39.3 Å². The highest BCUT2D eigenvalue weighted by atomic mass is 35.5. The van der Waals surface area contributed by atoms with Gasteiger partial charge in [-0.1, -0.05) is 11.6 Å². The quantitative estimate of drug-likeness (QED) is 0.787. The van der Waals surface area contributed by atoms with E-state index >= 15 is 0 Å². The zero-order valence-corrected chi connectivity index (χ0v) is 14.8. The minimum Gasteiger partial charge on any atom is -0.598 e. The third-order valence-electron chi connectivity index (χ3n) is 2.63. The SMILES string of the molecule is C[C@@H](N[S@+]([O-])C(C)(C)C)c1cnc(OCC(C)(F)F)c(Cl)c1. The summed E-state index contributed by atoms with van der Waals surface area (Å²) in [4.78, 5) is 3.95. The highest BCUT2D eigenvalue weighted by Crippen LogP contribution is 2.27. The molecule has 0 fully saturated rings. The molecule has 0 aliphatic heterocycles. The number of rotatable bonds is 6. The van der Waals surface area contributed by atoms with Crippen LogP contribution >= 0.6 is 11.6 Å². The van der Waals surface area contributed by atoms with E-state index in [2.05, 4.69) is 9.71 Å².